The normalized spacial score (nSPS) is 11.6. The highest BCUT2D eigenvalue weighted by atomic mass is 32.1. The number of nitrogens with one attached hydrogen (secondary N) is 2. The van der Waals surface area contributed by atoms with Crippen molar-refractivity contribution in [3.05, 3.63) is 77.6 Å². The summed E-state index contributed by atoms with van der Waals surface area (Å²) < 4.78 is 44.1. The van der Waals surface area contributed by atoms with Crippen LogP contribution in [-0.2, 0) is 12.6 Å². The van der Waals surface area contributed by atoms with Gasteiger partial charge in [-0.3, -0.25) is 5.43 Å². The predicted octanol–water partition coefficient (Wildman–Crippen LogP) is 5.85. The van der Waals surface area contributed by atoms with E-state index in [1.165, 1.54) is 12.3 Å². The summed E-state index contributed by atoms with van der Waals surface area (Å²) in [4.78, 5) is 0. The van der Waals surface area contributed by atoms with Gasteiger partial charge >= 0.3 is 6.18 Å². The van der Waals surface area contributed by atoms with Gasteiger partial charge in [0.05, 0.1) is 11.8 Å². The Balaban J connectivity index is 1.63. The van der Waals surface area contributed by atoms with Gasteiger partial charge in [0.15, 0.2) is 5.11 Å². The second-order valence-electron chi connectivity index (χ2n) is 6.12. The Labute approximate surface area is 171 Å². The lowest BCUT2D eigenvalue weighted by Gasteiger charge is -2.10. The first kappa shape index (κ1) is 20.6. The van der Waals surface area contributed by atoms with Crippen molar-refractivity contribution in [3.8, 4) is 11.3 Å². The molecule has 0 fully saturated rings. The van der Waals surface area contributed by atoms with E-state index in [0.717, 1.165) is 29.8 Å². The lowest BCUT2D eigenvalue weighted by atomic mass is 10.1. The van der Waals surface area contributed by atoms with E-state index in [0.29, 0.717) is 22.2 Å². The Hall–Kier alpha value is -3.13. The van der Waals surface area contributed by atoms with Crippen LogP contribution < -0.4 is 10.7 Å². The third-order valence-electron chi connectivity index (χ3n) is 4.11. The number of furan rings is 1. The molecule has 8 heteroatoms. The average Bonchev–Trinajstić information content (AvgIpc) is 3.17. The zero-order chi connectivity index (χ0) is 20.9. The molecular formula is C21H18F3N3OS. The molecular weight excluding hydrogens is 399 g/mol. The molecule has 0 saturated heterocycles. The van der Waals surface area contributed by atoms with Crippen molar-refractivity contribution in [1.29, 1.82) is 0 Å². The minimum atomic E-state index is -4.41. The SMILES string of the molecule is CCc1ccccc1NC(=S)N/N=C/c1ccc(-c2cccc(C(F)(F)F)c2)o1. The zero-order valence-corrected chi connectivity index (χ0v) is 16.3. The number of nitrogens with zero attached hydrogens (tertiary/aromatic N) is 1. The molecule has 1 heterocycles. The lowest BCUT2D eigenvalue weighted by molar-refractivity contribution is -0.137. The molecule has 2 N–H and O–H groups in total. The van der Waals surface area contributed by atoms with Gasteiger partial charge in [-0.05, 0) is 54.5 Å². The minimum absolute atomic E-state index is 0.312. The number of rotatable bonds is 5. The van der Waals surface area contributed by atoms with Crippen molar-refractivity contribution in [2.75, 3.05) is 5.32 Å². The Bertz CT molecular complexity index is 1030. The van der Waals surface area contributed by atoms with Crippen molar-refractivity contribution < 1.29 is 17.6 Å². The average molecular weight is 417 g/mol. The Morgan fingerprint density at radius 3 is 2.66 bits per heavy atom. The van der Waals surface area contributed by atoms with Gasteiger partial charge in [0.1, 0.15) is 11.5 Å². The first-order chi connectivity index (χ1) is 13.9. The molecule has 0 unspecified atom stereocenters. The number of hydrazone groups is 1. The Kier molecular flexibility index (Phi) is 6.33. The highest BCUT2D eigenvalue weighted by molar-refractivity contribution is 7.80. The molecule has 0 aliphatic heterocycles. The molecule has 1 aromatic heterocycles. The number of halogens is 3. The zero-order valence-electron chi connectivity index (χ0n) is 15.5. The van der Waals surface area contributed by atoms with Gasteiger partial charge < -0.3 is 9.73 Å². The number of anilines is 1. The lowest BCUT2D eigenvalue weighted by Crippen LogP contribution is -2.24. The number of hydrogen-bond donors (Lipinski definition) is 2. The fourth-order valence-electron chi connectivity index (χ4n) is 2.68. The molecule has 0 spiro atoms. The van der Waals surface area contributed by atoms with Crippen LogP contribution in [0.15, 0.2) is 70.2 Å². The van der Waals surface area contributed by atoms with E-state index in [1.807, 2.05) is 31.2 Å². The molecule has 0 aliphatic carbocycles. The molecule has 2 aromatic carbocycles. The number of thiocarbonyl (C=S) groups is 1. The van der Waals surface area contributed by atoms with Crippen LogP contribution in [0.5, 0.6) is 0 Å². The van der Waals surface area contributed by atoms with Crippen LogP contribution in [0.1, 0.15) is 23.8 Å². The molecule has 29 heavy (non-hydrogen) atoms. The molecule has 0 radical (unpaired) electrons. The molecule has 3 aromatic rings. The second kappa shape index (κ2) is 8.91. The van der Waals surface area contributed by atoms with Crippen LogP contribution in [-0.4, -0.2) is 11.3 Å². The highest BCUT2D eigenvalue weighted by Gasteiger charge is 2.30. The van der Waals surface area contributed by atoms with E-state index >= 15 is 0 Å². The highest BCUT2D eigenvalue weighted by Crippen LogP contribution is 2.32. The molecule has 4 nitrogen and oxygen atoms in total. The summed E-state index contributed by atoms with van der Waals surface area (Å²) in [6, 6.07) is 16.0. The van der Waals surface area contributed by atoms with Crippen LogP contribution in [0.25, 0.3) is 11.3 Å². The van der Waals surface area contributed by atoms with Crippen LogP contribution in [0.2, 0.25) is 0 Å². The fourth-order valence-corrected chi connectivity index (χ4v) is 2.84. The van der Waals surface area contributed by atoms with E-state index in [-0.39, 0.29) is 0 Å². The van der Waals surface area contributed by atoms with Crippen molar-refractivity contribution in [2.45, 2.75) is 19.5 Å². The van der Waals surface area contributed by atoms with Crippen LogP contribution in [0, 0.1) is 0 Å². The number of para-hydroxylation sites is 1. The molecule has 0 bridgehead atoms. The maximum Gasteiger partial charge on any atom is 0.416 e. The molecule has 0 saturated carbocycles. The molecule has 150 valence electrons. The Morgan fingerprint density at radius 1 is 1.10 bits per heavy atom. The van der Waals surface area contributed by atoms with Gasteiger partial charge in [-0.25, -0.2) is 0 Å². The van der Waals surface area contributed by atoms with Gasteiger partial charge in [0.25, 0.3) is 0 Å². The smallest absolute Gasteiger partial charge is 0.416 e. The van der Waals surface area contributed by atoms with Crippen molar-refractivity contribution in [3.63, 3.8) is 0 Å². The fraction of sp³-hybridized carbons (Fsp3) is 0.143. The van der Waals surface area contributed by atoms with Crippen molar-refractivity contribution >= 4 is 29.2 Å². The summed E-state index contributed by atoms with van der Waals surface area (Å²) in [6.07, 6.45) is -2.15. The Morgan fingerprint density at radius 2 is 1.90 bits per heavy atom. The molecule has 0 atom stereocenters. The molecule has 3 rings (SSSR count). The molecule has 0 aliphatic rings. The van der Waals surface area contributed by atoms with Gasteiger partial charge in [-0.15, -0.1) is 0 Å². The monoisotopic (exact) mass is 417 g/mol. The largest absolute Gasteiger partial charge is 0.455 e. The summed E-state index contributed by atoms with van der Waals surface area (Å²) in [5, 5.41) is 7.38. The molecule has 0 amide bonds. The van der Waals surface area contributed by atoms with Crippen LogP contribution in [0.4, 0.5) is 18.9 Å². The third kappa shape index (κ3) is 5.45. The maximum atomic E-state index is 12.9. The van der Waals surface area contributed by atoms with E-state index < -0.39 is 11.7 Å². The van der Waals surface area contributed by atoms with Crippen LogP contribution in [0.3, 0.4) is 0 Å². The third-order valence-corrected chi connectivity index (χ3v) is 4.30. The van der Waals surface area contributed by atoms with E-state index in [9.17, 15) is 13.2 Å². The summed E-state index contributed by atoms with van der Waals surface area (Å²) in [7, 11) is 0. The van der Waals surface area contributed by atoms with Crippen molar-refractivity contribution in [2.24, 2.45) is 5.10 Å². The summed E-state index contributed by atoms with van der Waals surface area (Å²) in [6.45, 7) is 2.05. The van der Waals surface area contributed by atoms with E-state index in [1.54, 1.807) is 18.2 Å². The first-order valence-corrected chi connectivity index (χ1v) is 9.23. The van der Waals surface area contributed by atoms with E-state index in [2.05, 4.69) is 15.8 Å². The van der Waals surface area contributed by atoms with Gasteiger partial charge in [0, 0.05) is 11.3 Å². The number of aryl methyl sites for hydroxylation is 1. The number of hydrogen-bond acceptors (Lipinski definition) is 3. The first-order valence-electron chi connectivity index (χ1n) is 8.82. The topological polar surface area (TPSA) is 49.6 Å². The minimum Gasteiger partial charge on any atom is -0.455 e. The van der Waals surface area contributed by atoms with Gasteiger partial charge in [0.2, 0.25) is 0 Å². The summed E-state index contributed by atoms with van der Waals surface area (Å²) in [5.41, 5.74) is 4.31. The maximum absolute atomic E-state index is 12.9. The van der Waals surface area contributed by atoms with Crippen molar-refractivity contribution in [1.82, 2.24) is 5.43 Å². The summed E-state index contributed by atoms with van der Waals surface area (Å²) in [5.74, 6) is 0.691. The standard InChI is InChI=1S/C21H18F3N3OS/c1-2-14-6-3-4-9-18(14)26-20(29)27-25-13-17-10-11-19(28-17)15-7-5-8-16(12-15)21(22,23)24/h3-13H,2H2,1H3,(H2,26,27,29)/b25-13+. The predicted molar refractivity (Wildman–Crippen MR) is 112 cm³/mol. The van der Waals surface area contributed by atoms with E-state index in [4.69, 9.17) is 16.6 Å². The number of benzene rings is 2. The quantitative estimate of drug-likeness (QED) is 0.311. The number of alkyl halides is 3. The summed E-state index contributed by atoms with van der Waals surface area (Å²) >= 11 is 5.22. The second-order valence-corrected chi connectivity index (χ2v) is 6.52. The van der Waals surface area contributed by atoms with Gasteiger partial charge in [-0.1, -0.05) is 37.3 Å². The van der Waals surface area contributed by atoms with Crippen LogP contribution >= 0.6 is 12.2 Å². The van der Waals surface area contributed by atoms with Gasteiger partial charge in [-0.2, -0.15) is 18.3 Å².